The summed E-state index contributed by atoms with van der Waals surface area (Å²) in [6.45, 7) is 0.653. The minimum Gasteiger partial charge on any atom is -0.342 e. The van der Waals surface area contributed by atoms with Crippen molar-refractivity contribution >= 4 is 17.7 Å². The Morgan fingerprint density at radius 3 is 2.71 bits per heavy atom. The molecule has 17 heavy (non-hydrogen) atoms. The minimum atomic E-state index is -1.80. The second kappa shape index (κ2) is 5.08. The summed E-state index contributed by atoms with van der Waals surface area (Å²) in [5.41, 5.74) is 0. The lowest BCUT2D eigenvalue weighted by molar-refractivity contribution is -0.136. The molecule has 2 nitrogen and oxygen atoms in total. The van der Waals surface area contributed by atoms with Gasteiger partial charge in [0.15, 0.2) is 0 Å². The van der Waals surface area contributed by atoms with Crippen LogP contribution >= 0.6 is 11.8 Å². The first-order chi connectivity index (χ1) is 8.12. The number of thioether (sulfide) groups is 1. The van der Waals surface area contributed by atoms with Crippen molar-refractivity contribution in [3.05, 3.63) is 30.3 Å². The smallest absolute Gasteiger partial charge is 0.270 e. The van der Waals surface area contributed by atoms with Crippen molar-refractivity contribution in [3.8, 4) is 0 Å². The number of hydrogen-bond donors (Lipinski definition) is 0. The van der Waals surface area contributed by atoms with E-state index in [9.17, 15) is 9.18 Å². The number of nitrogens with zero attached hydrogens (tertiary/aromatic N) is 1. The summed E-state index contributed by atoms with van der Waals surface area (Å²) in [6, 6.07) is 9.28. The summed E-state index contributed by atoms with van der Waals surface area (Å²) < 4.78 is 14.7. The molecule has 1 saturated heterocycles. The summed E-state index contributed by atoms with van der Waals surface area (Å²) in [7, 11) is 1.67. The monoisotopic (exact) mass is 253 g/mol. The minimum absolute atomic E-state index is 0.301. The van der Waals surface area contributed by atoms with Gasteiger partial charge in [-0.15, -0.1) is 0 Å². The molecule has 0 spiro atoms. The third kappa shape index (κ3) is 2.80. The summed E-state index contributed by atoms with van der Waals surface area (Å²) in [5, 5.41) is -1.80. The van der Waals surface area contributed by atoms with Crippen molar-refractivity contribution in [3.63, 3.8) is 0 Å². The lowest BCUT2D eigenvalue weighted by Crippen LogP contribution is -2.40. The van der Waals surface area contributed by atoms with E-state index in [1.807, 2.05) is 30.3 Å². The zero-order valence-electron chi connectivity index (χ0n) is 9.86. The molecule has 1 aliphatic rings. The molecular weight excluding hydrogens is 237 g/mol. The van der Waals surface area contributed by atoms with Crippen molar-refractivity contribution < 1.29 is 9.18 Å². The summed E-state index contributed by atoms with van der Waals surface area (Å²) >= 11 is 1.03. The molecule has 1 amide bonds. The maximum absolute atomic E-state index is 14.7. The van der Waals surface area contributed by atoms with Gasteiger partial charge in [0.1, 0.15) is 0 Å². The molecule has 92 valence electrons. The van der Waals surface area contributed by atoms with Gasteiger partial charge in [-0.2, -0.15) is 0 Å². The molecule has 0 bridgehead atoms. The van der Waals surface area contributed by atoms with Gasteiger partial charge in [-0.3, -0.25) is 4.79 Å². The van der Waals surface area contributed by atoms with Gasteiger partial charge < -0.3 is 4.90 Å². The first-order valence-electron chi connectivity index (χ1n) is 5.80. The van der Waals surface area contributed by atoms with Crippen molar-refractivity contribution in [2.75, 3.05) is 13.6 Å². The second-order valence-corrected chi connectivity index (χ2v) is 5.65. The van der Waals surface area contributed by atoms with Gasteiger partial charge in [-0.25, -0.2) is 4.39 Å². The van der Waals surface area contributed by atoms with E-state index in [0.717, 1.165) is 29.5 Å². The predicted molar refractivity (Wildman–Crippen MR) is 67.6 cm³/mol. The van der Waals surface area contributed by atoms with E-state index in [2.05, 4.69) is 0 Å². The average molecular weight is 253 g/mol. The Bertz CT molecular complexity index is 398. The molecule has 0 saturated carbocycles. The van der Waals surface area contributed by atoms with E-state index >= 15 is 0 Å². The van der Waals surface area contributed by atoms with Crippen LogP contribution in [0.3, 0.4) is 0 Å². The highest BCUT2D eigenvalue weighted by atomic mass is 32.2. The van der Waals surface area contributed by atoms with Crippen molar-refractivity contribution in [1.82, 2.24) is 4.90 Å². The van der Waals surface area contributed by atoms with Crippen LogP contribution in [0.1, 0.15) is 19.3 Å². The summed E-state index contributed by atoms with van der Waals surface area (Å²) in [6.07, 6.45) is 1.94. The third-order valence-corrected chi connectivity index (χ3v) is 4.14. The summed E-state index contributed by atoms with van der Waals surface area (Å²) in [4.78, 5) is 14.3. The van der Waals surface area contributed by atoms with E-state index in [-0.39, 0.29) is 0 Å². The quantitative estimate of drug-likeness (QED) is 0.807. The standard InChI is InChI=1S/C13H16FNOS/c1-15-10-6-5-9-13(14,12(15)16)17-11-7-3-2-4-8-11/h2-4,7-8H,5-6,9-10H2,1H3. The van der Waals surface area contributed by atoms with Crippen molar-refractivity contribution in [2.45, 2.75) is 29.2 Å². The maximum atomic E-state index is 14.7. The summed E-state index contributed by atoms with van der Waals surface area (Å²) in [5.74, 6) is -0.399. The van der Waals surface area contributed by atoms with Crippen molar-refractivity contribution in [2.24, 2.45) is 0 Å². The zero-order chi connectivity index (χ0) is 12.3. The number of alkyl halides is 1. The fourth-order valence-electron chi connectivity index (χ4n) is 1.96. The third-order valence-electron chi connectivity index (χ3n) is 2.93. The number of amides is 1. The van der Waals surface area contributed by atoms with Crippen LogP contribution < -0.4 is 0 Å². The Balaban J connectivity index is 2.19. The molecule has 1 unspecified atom stereocenters. The molecule has 1 atom stereocenters. The second-order valence-electron chi connectivity index (χ2n) is 4.33. The molecule has 2 rings (SSSR count). The average Bonchev–Trinajstić information content (AvgIpc) is 2.45. The van der Waals surface area contributed by atoms with Crippen LogP contribution in [0.15, 0.2) is 35.2 Å². The molecule has 0 aromatic heterocycles. The molecule has 1 aromatic carbocycles. The topological polar surface area (TPSA) is 20.3 Å². The van der Waals surface area contributed by atoms with E-state index in [1.165, 1.54) is 4.90 Å². The number of carbonyl (C=O) groups excluding carboxylic acids is 1. The Morgan fingerprint density at radius 1 is 1.29 bits per heavy atom. The number of hydrogen-bond acceptors (Lipinski definition) is 2. The Morgan fingerprint density at radius 2 is 2.00 bits per heavy atom. The Kier molecular flexibility index (Phi) is 3.72. The lowest BCUT2D eigenvalue weighted by atomic mass is 10.2. The normalized spacial score (nSPS) is 25.8. The van der Waals surface area contributed by atoms with Crippen LogP contribution in [-0.4, -0.2) is 29.4 Å². The molecule has 0 radical (unpaired) electrons. The fraction of sp³-hybridized carbons (Fsp3) is 0.462. The number of rotatable bonds is 2. The van der Waals surface area contributed by atoms with Crippen LogP contribution in [0.4, 0.5) is 4.39 Å². The molecule has 4 heteroatoms. The molecule has 1 aliphatic heterocycles. The van der Waals surface area contributed by atoms with Gasteiger partial charge in [0.05, 0.1) is 0 Å². The van der Waals surface area contributed by atoms with E-state index in [0.29, 0.717) is 13.0 Å². The largest absolute Gasteiger partial charge is 0.342 e. The van der Waals surface area contributed by atoms with Crippen LogP contribution in [0.5, 0.6) is 0 Å². The van der Waals surface area contributed by atoms with Gasteiger partial charge in [-0.05, 0) is 25.0 Å². The molecule has 1 fully saturated rings. The molecule has 0 aliphatic carbocycles. The van der Waals surface area contributed by atoms with Gasteiger partial charge >= 0.3 is 0 Å². The van der Waals surface area contributed by atoms with Crippen LogP contribution in [0, 0.1) is 0 Å². The lowest BCUT2D eigenvalue weighted by Gasteiger charge is -2.25. The van der Waals surface area contributed by atoms with Crippen LogP contribution in [-0.2, 0) is 4.79 Å². The van der Waals surface area contributed by atoms with Crippen LogP contribution in [0.2, 0.25) is 0 Å². The van der Waals surface area contributed by atoms with E-state index < -0.39 is 10.9 Å². The first kappa shape index (κ1) is 12.4. The van der Waals surface area contributed by atoms with Crippen LogP contribution in [0.25, 0.3) is 0 Å². The zero-order valence-corrected chi connectivity index (χ0v) is 10.7. The van der Waals surface area contributed by atoms with E-state index in [1.54, 1.807) is 7.05 Å². The Hall–Kier alpha value is -1.03. The number of halogens is 1. The van der Waals surface area contributed by atoms with E-state index in [4.69, 9.17) is 0 Å². The Labute approximate surface area is 105 Å². The highest BCUT2D eigenvalue weighted by Crippen LogP contribution is 2.40. The molecular formula is C13H16FNOS. The SMILES string of the molecule is CN1CCCCC(F)(Sc2ccccc2)C1=O. The highest BCUT2D eigenvalue weighted by molar-refractivity contribution is 8.01. The van der Waals surface area contributed by atoms with Gasteiger partial charge in [0, 0.05) is 24.9 Å². The number of benzene rings is 1. The fourth-order valence-corrected chi connectivity index (χ4v) is 3.12. The molecule has 1 aromatic rings. The predicted octanol–water partition coefficient (Wildman–Crippen LogP) is 3.09. The molecule has 0 N–H and O–H groups in total. The molecule has 1 heterocycles. The van der Waals surface area contributed by atoms with Gasteiger partial charge in [-0.1, -0.05) is 30.0 Å². The number of likely N-dealkylation sites (tertiary alicyclic amines) is 1. The maximum Gasteiger partial charge on any atom is 0.270 e. The first-order valence-corrected chi connectivity index (χ1v) is 6.62. The van der Waals surface area contributed by atoms with Crippen molar-refractivity contribution in [1.29, 1.82) is 0 Å². The number of carbonyl (C=O) groups is 1. The van der Waals surface area contributed by atoms with Gasteiger partial charge in [0.2, 0.25) is 5.00 Å². The highest BCUT2D eigenvalue weighted by Gasteiger charge is 2.42. The van der Waals surface area contributed by atoms with Gasteiger partial charge in [0.25, 0.3) is 5.91 Å².